The van der Waals surface area contributed by atoms with Crippen molar-refractivity contribution in [3.63, 3.8) is 0 Å². The Balaban J connectivity index is 2.08. The smallest absolute Gasteiger partial charge is 0.303 e. The molecule has 136 valence electrons. The van der Waals surface area contributed by atoms with E-state index in [1.165, 1.54) is 36.4 Å². The monoisotopic (exact) mass is 396 g/mol. The molecule has 1 aliphatic rings. The van der Waals surface area contributed by atoms with Gasteiger partial charge in [-0.15, -0.1) is 0 Å². The summed E-state index contributed by atoms with van der Waals surface area (Å²) in [6.07, 6.45) is 2.88. The van der Waals surface area contributed by atoms with Crippen LogP contribution >= 0.6 is 23.4 Å². The SMILES string of the molecule is O=C(O)CCCN1C(=O)SC(=C/C(Cl)=C/c2ccc([N+](=O)[O-])cc2)C1=O. The lowest BCUT2D eigenvalue weighted by molar-refractivity contribution is -0.384. The van der Waals surface area contributed by atoms with E-state index < -0.39 is 22.0 Å². The summed E-state index contributed by atoms with van der Waals surface area (Å²) >= 11 is 6.80. The summed E-state index contributed by atoms with van der Waals surface area (Å²) in [7, 11) is 0. The number of hydrogen-bond donors (Lipinski definition) is 1. The number of rotatable bonds is 7. The minimum atomic E-state index is -0.999. The van der Waals surface area contributed by atoms with Gasteiger partial charge in [-0.1, -0.05) is 11.6 Å². The van der Waals surface area contributed by atoms with Crippen LogP contribution < -0.4 is 0 Å². The first-order chi connectivity index (χ1) is 12.3. The highest BCUT2D eigenvalue weighted by molar-refractivity contribution is 8.18. The summed E-state index contributed by atoms with van der Waals surface area (Å²) in [5.74, 6) is -1.53. The number of thioether (sulfide) groups is 1. The van der Waals surface area contributed by atoms with E-state index in [1.54, 1.807) is 0 Å². The molecule has 0 bridgehead atoms. The van der Waals surface area contributed by atoms with Crippen LogP contribution in [0, 0.1) is 10.1 Å². The lowest BCUT2D eigenvalue weighted by Crippen LogP contribution is -2.29. The number of carboxylic acid groups (broad SMARTS) is 1. The van der Waals surface area contributed by atoms with Gasteiger partial charge in [0, 0.05) is 30.1 Å². The van der Waals surface area contributed by atoms with Crippen LogP contribution in [0.1, 0.15) is 18.4 Å². The first-order valence-corrected chi connectivity index (χ1v) is 8.56. The van der Waals surface area contributed by atoms with Crippen molar-refractivity contribution in [2.75, 3.05) is 6.54 Å². The molecular weight excluding hydrogens is 384 g/mol. The van der Waals surface area contributed by atoms with Crippen molar-refractivity contribution in [2.45, 2.75) is 12.8 Å². The third-order valence-corrected chi connectivity index (χ3v) is 4.45. The van der Waals surface area contributed by atoms with Gasteiger partial charge in [-0.05, 0) is 48.0 Å². The number of nitrogens with zero attached hydrogens (tertiary/aromatic N) is 2. The number of nitro groups is 1. The number of aliphatic carboxylic acids is 1. The Bertz CT molecular complexity index is 819. The number of imide groups is 1. The number of halogens is 1. The molecule has 0 unspecified atom stereocenters. The van der Waals surface area contributed by atoms with Crippen molar-refractivity contribution in [1.29, 1.82) is 0 Å². The Morgan fingerprint density at radius 1 is 1.31 bits per heavy atom. The average Bonchev–Trinajstić information content (AvgIpc) is 2.82. The van der Waals surface area contributed by atoms with Crippen LogP contribution in [0.5, 0.6) is 0 Å². The molecule has 0 saturated carbocycles. The first-order valence-electron chi connectivity index (χ1n) is 7.37. The maximum absolute atomic E-state index is 12.2. The third-order valence-electron chi connectivity index (χ3n) is 3.32. The quantitative estimate of drug-likeness (QED) is 0.424. The van der Waals surface area contributed by atoms with Gasteiger partial charge in [-0.2, -0.15) is 0 Å². The summed E-state index contributed by atoms with van der Waals surface area (Å²) in [6.45, 7) is 0.0258. The summed E-state index contributed by atoms with van der Waals surface area (Å²) in [5.41, 5.74) is 0.540. The van der Waals surface area contributed by atoms with E-state index in [-0.39, 0.29) is 35.0 Å². The van der Waals surface area contributed by atoms with Gasteiger partial charge < -0.3 is 5.11 Å². The Morgan fingerprint density at radius 2 is 1.96 bits per heavy atom. The fraction of sp³-hybridized carbons (Fsp3) is 0.188. The van der Waals surface area contributed by atoms with Crippen LogP contribution in [0.15, 0.2) is 40.3 Å². The topological polar surface area (TPSA) is 118 Å². The van der Waals surface area contributed by atoms with Gasteiger partial charge in [0.25, 0.3) is 16.8 Å². The molecule has 10 heteroatoms. The standard InChI is InChI=1S/C16H13ClN2O6S/c17-11(8-10-3-5-12(6-4-10)19(24)25)9-13-15(22)18(16(23)26-13)7-1-2-14(20)21/h3-6,8-9H,1-2,7H2,(H,20,21)/b11-8-,13-9?. The molecule has 1 N–H and O–H groups in total. The zero-order valence-electron chi connectivity index (χ0n) is 13.3. The van der Waals surface area contributed by atoms with Crippen molar-refractivity contribution in [3.8, 4) is 0 Å². The fourth-order valence-electron chi connectivity index (χ4n) is 2.10. The zero-order valence-corrected chi connectivity index (χ0v) is 14.8. The normalized spacial score (nSPS) is 16.4. The van der Waals surface area contributed by atoms with Gasteiger partial charge in [-0.25, -0.2) is 0 Å². The first kappa shape index (κ1) is 19.7. The van der Waals surface area contributed by atoms with Crippen LogP contribution in [0.25, 0.3) is 6.08 Å². The molecule has 0 spiro atoms. The predicted molar refractivity (Wildman–Crippen MR) is 96.6 cm³/mol. The van der Waals surface area contributed by atoms with Crippen LogP contribution in [0.4, 0.5) is 10.5 Å². The van der Waals surface area contributed by atoms with E-state index in [2.05, 4.69) is 0 Å². The van der Waals surface area contributed by atoms with Gasteiger partial charge in [0.2, 0.25) is 0 Å². The van der Waals surface area contributed by atoms with Crippen molar-refractivity contribution in [2.24, 2.45) is 0 Å². The highest BCUT2D eigenvalue weighted by Crippen LogP contribution is 2.32. The number of carbonyl (C=O) groups is 3. The molecule has 2 rings (SSSR count). The van der Waals surface area contributed by atoms with Crippen molar-refractivity contribution in [1.82, 2.24) is 4.90 Å². The second-order valence-corrected chi connectivity index (χ2v) is 6.64. The largest absolute Gasteiger partial charge is 0.481 e. The van der Waals surface area contributed by atoms with Gasteiger partial charge in [0.1, 0.15) is 0 Å². The van der Waals surface area contributed by atoms with E-state index in [1.807, 2.05) is 0 Å². The van der Waals surface area contributed by atoms with Crippen LogP contribution in [0.3, 0.4) is 0 Å². The van der Waals surface area contributed by atoms with E-state index >= 15 is 0 Å². The van der Waals surface area contributed by atoms with E-state index in [0.717, 1.165) is 16.7 Å². The summed E-state index contributed by atoms with van der Waals surface area (Å²) in [5, 5.41) is 18.9. The summed E-state index contributed by atoms with van der Waals surface area (Å²) < 4.78 is 0. The molecule has 2 amide bonds. The zero-order chi connectivity index (χ0) is 19.3. The minimum absolute atomic E-state index is 0.0258. The molecule has 1 aromatic carbocycles. The number of non-ortho nitro benzene ring substituents is 1. The second kappa shape index (κ2) is 8.63. The van der Waals surface area contributed by atoms with Gasteiger partial charge in [0.15, 0.2) is 0 Å². The minimum Gasteiger partial charge on any atom is -0.481 e. The van der Waals surface area contributed by atoms with Crippen molar-refractivity contribution < 1.29 is 24.4 Å². The predicted octanol–water partition coefficient (Wildman–Crippen LogP) is 3.62. The maximum Gasteiger partial charge on any atom is 0.303 e. The number of carboxylic acids is 1. The molecule has 1 aromatic rings. The number of hydrogen-bond acceptors (Lipinski definition) is 6. The van der Waals surface area contributed by atoms with Crippen LogP contribution in [0.2, 0.25) is 0 Å². The molecule has 1 aliphatic heterocycles. The molecule has 26 heavy (non-hydrogen) atoms. The average molecular weight is 397 g/mol. The molecule has 0 atom stereocenters. The highest BCUT2D eigenvalue weighted by Gasteiger charge is 2.34. The van der Waals surface area contributed by atoms with Crippen LogP contribution in [-0.4, -0.2) is 38.6 Å². The summed E-state index contributed by atoms with van der Waals surface area (Å²) in [6, 6.07) is 5.66. The Hall–Kier alpha value is -2.65. The number of allylic oxidation sites excluding steroid dienone is 2. The maximum atomic E-state index is 12.2. The van der Waals surface area contributed by atoms with Crippen molar-refractivity contribution in [3.05, 3.63) is 56.0 Å². The highest BCUT2D eigenvalue weighted by atomic mass is 35.5. The Kier molecular flexibility index (Phi) is 6.53. The van der Waals surface area contributed by atoms with E-state index in [9.17, 15) is 24.5 Å². The Labute approximate surface area is 157 Å². The third kappa shape index (κ3) is 5.17. The molecule has 0 aromatic heterocycles. The molecule has 1 heterocycles. The van der Waals surface area contributed by atoms with E-state index in [0.29, 0.717) is 5.56 Å². The van der Waals surface area contributed by atoms with Gasteiger partial charge >= 0.3 is 5.97 Å². The molecule has 0 radical (unpaired) electrons. The number of benzene rings is 1. The van der Waals surface area contributed by atoms with Crippen molar-refractivity contribution >= 4 is 52.2 Å². The number of carbonyl (C=O) groups excluding carboxylic acids is 2. The molecule has 0 aliphatic carbocycles. The van der Waals surface area contributed by atoms with Crippen LogP contribution in [-0.2, 0) is 9.59 Å². The number of nitro benzene ring substituents is 1. The lowest BCUT2D eigenvalue weighted by Gasteiger charge is -2.10. The molecular formula is C16H13ClN2O6S. The second-order valence-electron chi connectivity index (χ2n) is 5.21. The van der Waals surface area contributed by atoms with Gasteiger partial charge in [-0.3, -0.25) is 29.4 Å². The Morgan fingerprint density at radius 3 is 2.54 bits per heavy atom. The van der Waals surface area contributed by atoms with E-state index in [4.69, 9.17) is 16.7 Å². The number of amides is 2. The fourth-order valence-corrected chi connectivity index (χ4v) is 3.26. The lowest BCUT2D eigenvalue weighted by atomic mass is 10.2. The summed E-state index contributed by atoms with van der Waals surface area (Å²) in [4.78, 5) is 45.8. The molecule has 1 saturated heterocycles. The van der Waals surface area contributed by atoms with Gasteiger partial charge in [0.05, 0.1) is 9.83 Å². The molecule has 8 nitrogen and oxygen atoms in total. The molecule has 1 fully saturated rings.